The summed E-state index contributed by atoms with van der Waals surface area (Å²) in [5.41, 5.74) is 2.44. The molecule has 1 aromatic carbocycles. The number of phenols is 1. The first-order chi connectivity index (χ1) is 14.8. The van der Waals surface area contributed by atoms with E-state index in [2.05, 4.69) is 39.3 Å². The molecule has 2 saturated heterocycles. The molecule has 3 aromatic rings. The lowest BCUT2D eigenvalue weighted by molar-refractivity contribution is 0.0770. The second-order valence-electron chi connectivity index (χ2n) is 9.19. The van der Waals surface area contributed by atoms with Crippen LogP contribution in [0.2, 0.25) is 0 Å². The van der Waals surface area contributed by atoms with Crippen molar-refractivity contribution in [2.75, 3.05) is 0 Å². The Balaban J connectivity index is 1.39. The van der Waals surface area contributed by atoms with Crippen LogP contribution in [0.1, 0.15) is 38.8 Å². The summed E-state index contributed by atoms with van der Waals surface area (Å²) in [6.07, 6.45) is 4.71. The third-order valence-corrected chi connectivity index (χ3v) is 6.80. The van der Waals surface area contributed by atoms with Gasteiger partial charge in [-0.2, -0.15) is 5.10 Å². The number of phenolic OH excluding ortho intramolecular Hbond substituents is 1. The van der Waals surface area contributed by atoms with Gasteiger partial charge in [-0.15, -0.1) is 10.2 Å². The summed E-state index contributed by atoms with van der Waals surface area (Å²) in [7, 11) is 0. The number of allylic oxidation sites excluding steroid dienone is 1. The summed E-state index contributed by atoms with van der Waals surface area (Å²) in [6.45, 7) is 8.30. The van der Waals surface area contributed by atoms with E-state index in [0.29, 0.717) is 34.6 Å². The van der Waals surface area contributed by atoms with E-state index in [1.807, 2.05) is 13.0 Å². The van der Waals surface area contributed by atoms with Gasteiger partial charge in [0.25, 0.3) is 0 Å². The molecule has 2 N–H and O–H groups in total. The number of aromatic hydroxyl groups is 1. The fourth-order valence-corrected chi connectivity index (χ4v) is 5.10. The summed E-state index contributed by atoms with van der Waals surface area (Å²) in [5, 5.41) is 30.3. The second kappa shape index (κ2) is 6.95. The topological polar surface area (TPSA) is 88.8 Å². The van der Waals surface area contributed by atoms with E-state index in [1.165, 1.54) is 0 Å². The van der Waals surface area contributed by atoms with E-state index in [1.54, 1.807) is 41.3 Å². The van der Waals surface area contributed by atoms with E-state index in [0.717, 1.165) is 12.8 Å². The highest BCUT2D eigenvalue weighted by molar-refractivity contribution is 5.70. The first-order valence-corrected chi connectivity index (χ1v) is 10.4. The van der Waals surface area contributed by atoms with Gasteiger partial charge in [-0.25, -0.2) is 9.07 Å². The molecule has 0 unspecified atom stereocenters. The van der Waals surface area contributed by atoms with Crippen molar-refractivity contribution in [3.63, 3.8) is 0 Å². The Labute approximate surface area is 180 Å². The molecule has 31 heavy (non-hydrogen) atoms. The molecule has 7 nitrogen and oxygen atoms in total. The minimum atomic E-state index is -1.02. The number of fused-ring (bicyclic) bond motifs is 2. The minimum absolute atomic E-state index is 0.0634. The number of piperidine rings is 1. The average molecular weight is 420 g/mol. The van der Waals surface area contributed by atoms with Crippen LogP contribution in [-0.2, 0) is 0 Å². The smallest absolute Gasteiger partial charge is 0.127 e. The number of aromatic nitrogens is 5. The maximum atomic E-state index is 15.4. The van der Waals surface area contributed by atoms with Gasteiger partial charge in [0.2, 0.25) is 0 Å². The zero-order valence-corrected chi connectivity index (χ0v) is 17.6. The van der Waals surface area contributed by atoms with Crippen LogP contribution in [0, 0.1) is 5.92 Å². The number of hydrogen-bond donors (Lipinski definition) is 2. The van der Waals surface area contributed by atoms with Gasteiger partial charge in [0, 0.05) is 28.6 Å². The van der Waals surface area contributed by atoms with Gasteiger partial charge in [-0.05, 0) is 62.9 Å². The number of benzene rings is 1. The number of nitrogens with one attached hydrogen (secondary N) is 1. The number of halogens is 1. The second-order valence-corrected chi connectivity index (χ2v) is 9.19. The first-order valence-electron chi connectivity index (χ1n) is 10.4. The van der Waals surface area contributed by atoms with Crippen LogP contribution in [-0.4, -0.2) is 47.5 Å². The Kier molecular flexibility index (Phi) is 4.44. The summed E-state index contributed by atoms with van der Waals surface area (Å²) < 4.78 is 16.9. The van der Waals surface area contributed by atoms with Crippen molar-refractivity contribution in [2.45, 2.75) is 50.4 Å². The molecule has 0 saturated carbocycles. The number of hydrogen-bond acceptors (Lipinski definition) is 6. The maximum absolute atomic E-state index is 15.4. The van der Waals surface area contributed by atoms with Crippen molar-refractivity contribution in [3.8, 4) is 22.7 Å². The molecule has 160 valence electrons. The lowest BCUT2D eigenvalue weighted by Crippen LogP contribution is -2.60. The Hall–Kier alpha value is -3.13. The summed E-state index contributed by atoms with van der Waals surface area (Å²) in [4.78, 5) is 0. The minimum Gasteiger partial charge on any atom is -0.507 e. The van der Waals surface area contributed by atoms with E-state index in [9.17, 15) is 5.11 Å². The standard InChI is InChI=1S/C23H25FN6O/c1-14(17-13-22(2)8-9-23(3,28-22)21(17)24)18-6-7-19(27-26-18)16-5-4-15(12-20(16)31)30-11-10-25-29-30/h4-7,10-12,17,21,28,31H,1,8-9,13H2,2-3H3/t17-,21-,22+,23-/m1/s1. The van der Waals surface area contributed by atoms with E-state index in [-0.39, 0.29) is 17.2 Å². The molecule has 0 spiro atoms. The molecule has 4 atom stereocenters. The van der Waals surface area contributed by atoms with E-state index >= 15 is 4.39 Å². The van der Waals surface area contributed by atoms with E-state index < -0.39 is 11.7 Å². The van der Waals surface area contributed by atoms with Gasteiger partial charge in [0.1, 0.15) is 11.9 Å². The average Bonchev–Trinajstić information content (AvgIpc) is 3.38. The molecule has 2 aliphatic rings. The molecular formula is C23H25FN6O. The molecule has 2 fully saturated rings. The van der Waals surface area contributed by atoms with Crippen molar-refractivity contribution < 1.29 is 9.50 Å². The molecule has 0 aliphatic carbocycles. The fraction of sp³-hybridized carbons (Fsp3) is 0.391. The number of alkyl halides is 1. The van der Waals surface area contributed by atoms with Crippen molar-refractivity contribution in [1.29, 1.82) is 0 Å². The highest BCUT2D eigenvalue weighted by Crippen LogP contribution is 2.49. The van der Waals surface area contributed by atoms with Crippen LogP contribution >= 0.6 is 0 Å². The van der Waals surface area contributed by atoms with Crippen molar-refractivity contribution in [1.82, 2.24) is 30.5 Å². The van der Waals surface area contributed by atoms with Gasteiger partial charge in [0.05, 0.1) is 29.5 Å². The van der Waals surface area contributed by atoms with Crippen LogP contribution in [0.15, 0.2) is 49.3 Å². The predicted molar refractivity (Wildman–Crippen MR) is 115 cm³/mol. The maximum Gasteiger partial charge on any atom is 0.127 e. The lowest BCUT2D eigenvalue weighted by Gasteiger charge is -2.45. The molecule has 8 heteroatoms. The third kappa shape index (κ3) is 3.31. The molecular weight excluding hydrogens is 395 g/mol. The van der Waals surface area contributed by atoms with Crippen LogP contribution in [0.4, 0.5) is 4.39 Å². The molecule has 0 radical (unpaired) electrons. The summed E-state index contributed by atoms with van der Waals surface area (Å²) in [6, 6.07) is 8.76. The van der Waals surface area contributed by atoms with Gasteiger partial charge in [0.15, 0.2) is 0 Å². The Morgan fingerprint density at radius 2 is 2.06 bits per heavy atom. The zero-order chi connectivity index (χ0) is 21.8. The van der Waals surface area contributed by atoms with Crippen molar-refractivity contribution in [3.05, 3.63) is 55.0 Å². The van der Waals surface area contributed by atoms with Crippen LogP contribution < -0.4 is 5.32 Å². The molecule has 0 amide bonds. The number of rotatable bonds is 4. The van der Waals surface area contributed by atoms with Crippen LogP contribution in [0.5, 0.6) is 5.75 Å². The molecule has 5 rings (SSSR count). The van der Waals surface area contributed by atoms with Crippen LogP contribution in [0.25, 0.3) is 22.5 Å². The van der Waals surface area contributed by atoms with Gasteiger partial charge in [-0.3, -0.25) is 0 Å². The van der Waals surface area contributed by atoms with Gasteiger partial charge in [-0.1, -0.05) is 11.8 Å². The summed E-state index contributed by atoms with van der Waals surface area (Å²) >= 11 is 0. The highest BCUT2D eigenvalue weighted by Gasteiger charge is 2.55. The monoisotopic (exact) mass is 420 g/mol. The normalized spacial score (nSPS) is 29.8. The SMILES string of the molecule is C=C(c1ccc(-c2ccc(-n3ccnn3)cc2O)nn1)[C@H]1C[C@]2(C)CC[C@@](C)(N2)[C@@H]1F. The quantitative estimate of drug-likeness (QED) is 0.669. The highest BCUT2D eigenvalue weighted by atomic mass is 19.1. The molecule has 2 aliphatic heterocycles. The van der Waals surface area contributed by atoms with Gasteiger partial charge >= 0.3 is 0 Å². The summed E-state index contributed by atoms with van der Waals surface area (Å²) in [5.74, 6) is -0.234. The Bertz CT molecular complexity index is 1130. The van der Waals surface area contributed by atoms with E-state index in [4.69, 9.17) is 0 Å². The van der Waals surface area contributed by atoms with Crippen molar-refractivity contribution >= 4 is 5.57 Å². The lowest BCUT2D eigenvalue weighted by atomic mass is 9.75. The molecule has 2 bridgehead atoms. The predicted octanol–water partition coefficient (Wildman–Crippen LogP) is 3.70. The van der Waals surface area contributed by atoms with Gasteiger partial charge < -0.3 is 10.4 Å². The van der Waals surface area contributed by atoms with Crippen LogP contribution in [0.3, 0.4) is 0 Å². The molecule has 4 heterocycles. The zero-order valence-electron chi connectivity index (χ0n) is 17.6. The number of nitrogens with zero attached hydrogens (tertiary/aromatic N) is 5. The first kappa shape index (κ1) is 19.8. The largest absolute Gasteiger partial charge is 0.507 e. The van der Waals surface area contributed by atoms with Crippen molar-refractivity contribution in [2.24, 2.45) is 5.92 Å². The Morgan fingerprint density at radius 1 is 1.23 bits per heavy atom. The Morgan fingerprint density at radius 3 is 2.74 bits per heavy atom. The fourth-order valence-electron chi connectivity index (χ4n) is 5.10. The molecule has 2 aromatic heterocycles. The third-order valence-electron chi connectivity index (χ3n) is 6.80.